The summed E-state index contributed by atoms with van der Waals surface area (Å²) in [6.45, 7) is 6.50. The van der Waals surface area contributed by atoms with Crippen molar-refractivity contribution < 1.29 is 9.53 Å². The molecule has 19 heavy (non-hydrogen) atoms. The van der Waals surface area contributed by atoms with E-state index in [0.717, 1.165) is 17.8 Å². The van der Waals surface area contributed by atoms with Gasteiger partial charge in [-0.2, -0.15) is 5.10 Å². The van der Waals surface area contributed by atoms with Crippen LogP contribution >= 0.6 is 0 Å². The Labute approximate surface area is 113 Å². The summed E-state index contributed by atoms with van der Waals surface area (Å²) in [5.41, 5.74) is 2.13. The van der Waals surface area contributed by atoms with Crippen molar-refractivity contribution in [3.05, 3.63) is 17.5 Å². The number of likely N-dealkylation sites (N-methyl/N-ethyl adjacent to an activating group) is 1. The average Bonchev–Trinajstić information content (AvgIpc) is 2.97. The molecule has 0 spiro atoms. The summed E-state index contributed by atoms with van der Waals surface area (Å²) in [5.74, 6) is -0.0522. The summed E-state index contributed by atoms with van der Waals surface area (Å²) < 4.78 is 7.19. The topological polar surface area (TPSA) is 68.2 Å². The smallest absolute Gasteiger partial charge is 0.227 e. The lowest BCUT2D eigenvalue weighted by Gasteiger charge is -2.17. The Balaban J connectivity index is 1.89. The van der Waals surface area contributed by atoms with Gasteiger partial charge >= 0.3 is 0 Å². The lowest BCUT2D eigenvalue weighted by atomic mass is 10.0. The molecule has 1 aromatic rings. The number of ether oxygens (including phenoxy) is 1. The van der Waals surface area contributed by atoms with Crippen molar-refractivity contribution in [2.75, 3.05) is 19.8 Å². The Morgan fingerprint density at radius 2 is 2.37 bits per heavy atom. The van der Waals surface area contributed by atoms with E-state index in [4.69, 9.17) is 4.74 Å². The second-order valence-electron chi connectivity index (χ2n) is 4.90. The first-order valence-electron chi connectivity index (χ1n) is 6.69. The third-order valence-corrected chi connectivity index (χ3v) is 3.67. The SMILES string of the molecule is CCNC1COCC1C(=O)NCc1cnn(C)c1C. The van der Waals surface area contributed by atoms with E-state index >= 15 is 0 Å². The largest absolute Gasteiger partial charge is 0.379 e. The predicted molar refractivity (Wildman–Crippen MR) is 71.6 cm³/mol. The van der Waals surface area contributed by atoms with Gasteiger partial charge in [-0.15, -0.1) is 0 Å². The van der Waals surface area contributed by atoms with Gasteiger partial charge in [-0.25, -0.2) is 0 Å². The Morgan fingerprint density at radius 1 is 1.58 bits per heavy atom. The predicted octanol–water partition coefficient (Wildman–Crippen LogP) is -0.0308. The molecule has 2 atom stereocenters. The Morgan fingerprint density at radius 3 is 3.00 bits per heavy atom. The van der Waals surface area contributed by atoms with Crippen molar-refractivity contribution in [3.8, 4) is 0 Å². The summed E-state index contributed by atoms with van der Waals surface area (Å²) in [4.78, 5) is 12.2. The van der Waals surface area contributed by atoms with Gasteiger partial charge in [-0.3, -0.25) is 9.48 Å². The molecule has 6 nitrogen and oxygen atoms in total. The van der Waals surface area contributed by atoms with Crippen molar-refractivity contribution in [2.24, 2.45) is 13.0 Å². The number of hydrogen-bond donors (Lipinski definition) is 2. The van der Waals surface area contributed by atoms with E-state index in [9.17, 15) is 4.79 Å². The fourth-order valence-electron chi connectivity index (χ4n) is 2.31. The molecule has 0 aliphatic carbocycles. The Kier molecular flexibility index (Phi) is 4.55. The highest BCUT2D eigenvalue weighted by Gasteiger charge is 2.33. The Bertz CT molecular complexity index is 444. The van der Waals surface area contributed by atoms with Crippen LogP contribution in [-0.4, -0.2) is 41.5 Å². The van der Waals surface area contributed by atoms with Crippen LogP contribution in [0.1, 0.15) is 18.2 Å². The molecule has 0 saturated carbocycles. The van der Waals surface area contributed by atoms with E-state index in [2.05, 4.69) is 15.7 Å². The molecule has 106 valence electrons. The van der Waals surface area contributed by atoms with Gasteiger partial charge in [0, 0.05) is 30.9 Å². The van der Waals surface area contributed by atoms with E-state index in [1.165, 1.54) is 0 Å². The number of carbonyl (C=O) groups is 1. The van der Waals surface area contributed by atoms with Gasteiger partial charge in [0.25, 0.3) is 0 Å². The van der Waals surface area contributed by atoms with E-state index in [0.29, 0.717) is 19.8 Å². The van der Waals surface area contributed by atoms with E-state index in [1.807, 2.05) is 25.6 Å². The molecule has 2 rings (SSSR count). The van der Waals surface area contributed by atoms with E-state index in [-0.39, 0.29) is 17.9 Å². The molecule has 0 radical (unpaired) electrons. The second kappa shape index (κ2) is 6.16. The highest BCUT2D eigenvalue weighted by molar-refractivity contribution is 5.79. The van der Waals surface area contributed by atoms with Crippen LogP contribution in [0, 0.1) is 12.8 Å². The normalized spacial score (nSPS) is 22.7. The molecule has 1 amide bonds. The van der Waals surface area contributed by atoms with Crippen LogP contribution in [0.2, 0.25) is 0 Å². The van der Waals surface area contributed by atoms with Crippen LogP contribution < -0.4 is 10.6 Å². The average molecular weight is 266 g/mol. The molecule has 1 aromatic heterocycles. The number of carbonyl (C=O) groups excluding carboxylic acids is 1. The molecule has 2 N–H and O–H groups in total. The minimum atomic E-state index is -0.100. The quantitative estimate of drug-likeness (QED) is 0.785. The number of rotatable bonds is 5. The standard InChI is InChI=1S/C13H22N4O2/c1-4-14-12-8-19-7-11(12)13(18)15-5-10-6-16-17(3)9(10)2/h6,11-12,14H,4-5,7-8H2,1-3H3,(H,15,18). The molecule has 1 fully saturated rings. The van der Waals surface area contributed by atoms with Crippen LogP contribution in [-0.2, 0) is 23.1 Å². The Hall–Kier alpha value is -1.40. The second-order valence-corrected chi connectivity index (χ2v) is 4.90. The maximum atomic E-state index is 12.2. The van der Waals surface area contributed by atoms with Crippen molar-refractivity contribution in [1.82, 2.24) is 20.4 Å². The highest BCUT2D eigenvalue weighted by atomic mass is 16.5. The van der Waals surface area contributed by atoms with Crippen molar-refractivity contribution in [2.45, 2.75) is 26.4 Å². The molecular formula is C13H22N4O2. The number of nitrogens with one attached hydrogen (secondary N) is 2. The molecule has 2 unspecified atom stereocenters. The minimum Gasteiger partial charge on any atom is -0.379 e. The third-order valence-electron chi connectivity index (χ3n) is 3.67. The highest BCUT2D eigenvalue weighted by Crippen LogP contribution is 2.14. The molecular weight excluding hydrogens is 244 g/mol. The first kappa shape index (κ1) is 14.0. The van der Waals surface area contributed by atoms with Crippen LogP contribution in [0.25, 0.3) is 0 Å². The molecule has 1 saturated heterocycles. The number of aryl methyl sites for hydroxylation is 1. The van der Waals surface area contributed by atoms with Crippen molar-refractivity contribution >= 4 is 5.91 Å². The van der Waals surface area contributed by atoms with Crippen LogP contribution in [0.3, 0.4) is 0 Å². The first-order valence-corrected chi connectivity index (χ1v) is 6.69. The zero-order valence-corrected chi connectivity index (χ0v) is 11.8. The fraction of sp³-hybridized carbons (Fsp3) is 0.692. The molecule has 1 aliphatic heterocycles. The molecule has 1 aliphatic rings. The number of aromatic nitrogens is 2. The zero-order valence-electron chi connectivity index (χ0n) is 11.8. The van der Waals surface area contributed by atoms with E-state index in [1.54, 1.807) is 6.20 Å². The lowest BCUT2D eigenvalue weighted by molar-refractivity contribution is -0.125. The summed E-state index contributed by atoms with van der Waals surface area (Å²) in [5, 5.41) is 10.4. The lowest BCUT2D eigenvalue weighted by Crippen LogP contribution is -2.43. The summed E-state index contributed by atoms with van der Waals surface area (Å²) in [6.07, 6.45) is 1.79. The van der Waals surface area contributed by atoms with Crippen molar-refractivity contribution in [1.29, 1.82) is 0 Å². The summed E-state index contributed by atoms with van der Waals surface area (Å²) in [6, 6.07) is 0.125. The summed E-state index contributed by atoms with van der Waals surface area (Å²) in [7, 11) is 1.90. The van der Waals surface area contributed by atoms with Gasteiger partial charge in [0.1, 0.15) is 0 Å². The number of hydrogen-bond acceptors (Lipinski definition) is 4. The van der Waals surface area contributed by atoms with Gasteiger partial charge in [0.2, 0.25) is 5.91 Å². The van der Waals surface area contributed by atoms with Gasteiger partial charge in [0.05, 0.1) is 25.3 Å². The fourth-order valence-corrected chi connectivity index (χ4v) is 2.31. The third kappa shape index (κ3) is 3.13. The maximum Gasteiger partial charge on any atom is 0.227 e. The monoisotopic (exact) mass is 266 g/mol. The van der Waals surface area contributed by atoms with Gasteiger partial charge in [0.15, 0.2) is 0 Å². The molecule has 0 bridgehead atoms. The molecule has 2 heterocycles. The van der Waals surface area contributed by atoms with Gasteiger partial charge in [-0.1, -0.05) is 6.92 Å². The molecule has 6 heteroatoms. The van der Waals surface area contributed by atoms with Crippen LogP contribution in [0.4, 0.5) is 0 Å². The van der Waals surface area contributed by atoms with Crippen molar-refractivity contribution in [3.63, 3.8) is 0 Å². The van der Waals surface area contributed by atoms with E-state index < -0.39 is 0 Å². The van der Waals surface area contributed by atoms with Gasteiger partial charge in [-0.05, 0) is 13.5 Å². The zero-order chi connectivity index (χ0) is 13.8. The first-order chi connectivity index (χ1) is 9.13. The van der Waals surface area contributed by atoms with Crippen LogP contribution in [0.15, 0.2) is 6.20 Å². The minimum absolute atomic E-state index is 0.0479. The van der Waals surface area contributed by atoms with Crippen LogP contribution in [0.5, 0.6) is 0 Å². The maximum absolute atomic E-state index is 12.2. The molecule has 0 aromatic carbocycles. The van der Waals surface area contributed by atoms with Gasteiger partial charge < -0.3 is 15.4 Å². The summed E-state index contributed by atoms with van der Waals surface area (Å²) >= 11 is 0. The number of nitrogens with zero attached hydrogens (tertiary/aromatic N) is 2. The number of amides is 1.